The van der Waals surface area contributed by atoms with Crippen LogP contribution in [0.4, 0.5) is 4.39 Å². The van der Waals surface area contributed by atoms with Crippen molar-refractivity contribution in [1.29, 1.82) is 0 Å². The molecule has 0 bridgehead atoms. The van der Waals surface area contributed by atoms with Gasteiger partial charge in [-0.25, -0.2) is 4.39 Å². The van der Waals surface area contributed by atoms with E-state index in [4.69, 9.17) is 16.3 Å². The van der Waals surface area contributed by atoms with Crippen LogP contribution in [0, 0.1) is 5.82 Å². The number of carbonyl (C=O) groups is 1. The number of halogens is 2. The summed E-state index contributed by atoms with van der Waals surface area (Å²) in [6.07, 6.45) is 1.52. The van der Waals surface area contributed by atoms with Crippen LogP contribution < -0.4 is 4.74 Å². The van der Waals surface area contributed by atoms with Gasteiger partial charge in [-0.2, -0.15) is 0 Å². The molecule has 1 amide bonds. The lowest BCUT2D eigenvalue weighted by atomic mass is 9.91. The third-order valence-corrected chi connectivity index (χ3v) is 5.55. The summed E-state index contributed by atoms with van der Waals surface area (Å²) in [6.45, 7) is 6.17. The Morgan fingerprint density at radius 2 is 2.00 bits per heavy atom. The number of ether oxygens (including phenoxy) is 1. The number of nitrogens with zero attached hydrogens (tertiary/aromatic N) is 1. The van der Waals surface area contributed by atoms with Crippen molar-refractivity contribution in [2.75, 3.05) is 13.2 Å². The number of hydrogen-bond acceptors (Lipinski definition) is 3. The van der Waals surface area contributed by atoms with Gasteiger partial charge < -0.3 is 14.7 Å². The molecule has 2 aromatic carbocycles. The average molecular weight is 420 g/mol. The van der Waals surface area contributed by atoms with E-state index < -0.39 is 11.4 Å². The largest absolute Gasteiger partial charge is 0.487 e. The molecular weight excluding hydrogens is 393 g/mol. The number of aliphatic hydroxyl groups is 1. The van der Waals surface area contributed by atoms with Gasteiger partial charge in [-0.05, 0) is 55.7 Å². The van der Waals surface area contributed by atoms with Crippen molar-refractivity contribution >= 4 is 17.5 Å². The van der Waals surface area contributed by atoms with Gasteiger partial charge in [0.15, 0.2) is 0 Å². The molecule has 0 fully saturated rings. The standard InChI is InChI=1S/C23H27ClFNO3/c1-15(2)26(8-9-27)22(28)12-16-5-7-21-18(10-16)14-23(3,29-21)13-17-4-6-19(24)20(25)11-17/h4-7,10-11,15,27H,8-9,12-14H2,1-3H3/t23-/m0/s1. The smallest absolute Gasteiger partial charge is 0.227 e. The van der Waals surface area contributed by atoms with Crippen molar-refractivity contribution in [3.63, 3.8) is 0 Å². The van der Waals surface area contributed by atoms with Crippen LogP contribution in [0.1, 0.15) is 37.5 Å². The van der Waals surface area contributed by atoms with E-state index in [-0.39, 0.29) is 30.0 Å². The third-order valence-electron chi connectivity index (χ3n) is 5.25. The SMILES string of the molecule is CC(C)N(CCO)C(=O)Cc1ccc2c(c1)C[C@](C)(Cc1ccc(Cl)c(F)c1)O2. The topological polar surface area (TPSA) is 49.8 Å². The van der Waals surface area contributed by atoms with E-state index in [1.807, 2.05) is 45.0 Å². The molecular formula is C23H27ClFNO3. The first-order chi connectivity index (χ1) is 13.7. The van der Waals surface area contributed by atoms with Gasteiger partial charge in [-0.1, -0.05) is 29.8 Å². The zero-order chi connectivity index (χ0) is 21.2. The first-order valence-corrected chi connectivity index (χ1v) is 10.2. The van der Waals surface area contributed by atoms with E-state index in [2.05, 4.69) is 0 Å². The van der Waals surface area contributed by atoms with Crippen molar-refractivity contribution in [3.8, 4) is 5.75 Å². The molecule has 0 aliphatic carbocycles. The Morgan fingerprint density at radius 3 is 2.66 bits per heavy atom. The van der Waals surface area contributed by atoms with Crippen molar-refractivity contribution in [2.45, 2.75) is 51.7 Å². The summed E-state index contributed by atoms with van der Waals surface area (Å²) < 4.78 is 19.9. The summed E-state index contributed by atoms with van der Waals surface area (Å²) in [5.74, 6) is 0.364. The molecule has 0 radical (unpaired) electrons. The van der Waals surface area contributed by atoms with Gasteiger partial charge in [-0.3, -0.25) is 4.79 Å². The minimum absolute atomic E-state index is 0.00711. The zero-order valence-electron chi connectivity index (χ0n) is 17.0. The zero-order valence-corrected chi connectivity index (χ0v) is 17.8. The minimum atomic E-state index is -0.480. The molecule has 0 saturated carbocycles. The number of rotatable bonds is 7. The summed E-state index contributed by atoms with van der Waals surface area (Å²) in [4.78, 5) is 14.3. The lowest BCUT2D eigenvalue weighted by Crippen LogP contribution is -2.39. The summed E-state index contributed by atoms with van der Waals surface area (Å²) >= 11 is 5.77. The highest BCUT2D eigenvalue weighted by Crippen LogP contribution is 2.38. The van der Waals surface area contributed by atoms with E-state index >= 15 is 0 Å². The predicted octanol–water partition coefficient (Wildman–Crippen LogP) is 4.19. The number of amides is 1. The number of hydrogen-bond donors (Lipinski definition) is 1. The Labute approximate surface area is 176 Å². The Kier molecular flexibility index (Phi) is 6.49. The quantitative estimate of drug-likeness (QED) is 0.732. The molecule has 1 heterocycles. The van der Waals surface area contributed by atoms with Gasteiger partial charge in [0.05, 0.1) is 18.1 Å². The molecule has 2 aromatic rings. The third kappa shape index (κ3) is 5.09. The highest BCUT2D eigenvalue weighted by Gasteiger charge is 2.35. The Bertz CT molecular complexity index is 902. The van der Waals surface area contributed by atoms with Crippen molar-refractivity contribution < 1.29 is 19.0 Å². The van der Waals surface area contributed by atoms with Crippen molar-refractivity contribution in [1.82, 2.24) is 4.90 Å². The van der Waals surface area contributed by atoms with Crippen LogP contribution in [0.25, 0.3) is 0 Å². The maximum Gasteiger partial charge on any atom is 0.227 e. The fraction of sp³-hybridized carbons (Fsp3) is 0.435. The highest BCUT2D eigenvalue weighted by molar-refractivity contribution is 6.30. The van der Waals surface area contributed by atoms with E-state index in [1.165, 1.54) is 6.07 Å². The maximum atomic E-state index is 13.8. The van der Waals surface area contributed by atoms with Crippen LogP contribution >= 0.6 is 11.6 Å². The Morgan fingerprint density at radius 1 is 1.28 bits per heavy atom. The fourth-order valence-electron chi connectivity index (χ4n) is 3.92. The summed E-state index contributed by atoms with van der Waals surface area (Å²) in [6, 6.07) is 10.7. The molecule has 29 heavy (non-hydrogen) atoms. The summed E-state index contributed by atoms with van der Waals surface area (Å²) in [5.41, 5.74) is 2.31. The van der Waals surface area contributed by atoms with Gasteiger partial charge in [0, 0.05) is 25.4 Å². The highest BCUT2D eigenvalue weighted by atomic mass is 35.5. The molecule has 1 aliphatic heterocycles. The van der Waals surface area contributed by atoms with E-state index in [0.29, 0.717) is 19.4 Å². The number of benzene rings is 2. The Hall–Kier alpha value is -2.11. The molecule has 1 aliphatic rings. The summed E-state index contributed by atoms with van der Waals surface area (Å²) in [5, 5.41) is 9.31. The van der Waals surface area contributed by atoms with Gasteiger partial charge in [0.1, 0.15) is 17.2 Å². The normalized spacial score (nSPS) is 17.9. The molecule has 0 unspecified atom stereocenters. The monoisotopic (exact) mass is 419 g/mol. The van der Waals surface area contributed by atoms with Gasteiger partial charge in [0.25, 0.3) is 0 Å². The summed E-state index contributed by atoms with van der Waals surface area (Å²) in [7, 11) is 0. The Balaban J connectivity index is 1.71. The van der Waals surface area contributed by atoms with Crippen molar-refractivity contribution in [3.05, 3.63) is 63.9 Å². The molecule has 156 valence electrons. The van der Waals surface area contributed by atoms with Crippen LogP contribution in [0.3, 0.4) is 0 Å². The molecule has 0 aromatic heterocycles. The second-order valence-electron chi connectivity index (χ2n) is 8.18. The van der Waals surface area contributed by atoms with Crippen molar-refractivity contribution in [2.24, 2.45) is 0 Å². The molecule has 1 N–H and O–H groups in total. The van der Waals surface area contributed by atoms with Crippen LogP contribution in [-0.2, 0) is 24.1 Å². The minimum Gasteiger partial charge on any atom is -0.487 e. The second kappa shape index (κ2) is 8.72. The lowest BCUT2D eigenvalue weighted by Gasteiger charge is -2.26. The van der Waals surface area contributed by atoms with E-state index in [9.17, 15) is 14.3 Å². The fourth-order valence-corrected chi connectivity index (χ4v) is 4.04. The molecule has 4 nitrogen and oxygen atoms in total. The first-order valence-electron chi connectivity index (χ1n) is 9.86. The number of carbonyl (C=O) groups excluding carboxylic acids is 1. The van der Waals surface area contributed by atoms with Crippen LogP contribution in [0.2, 0.25) is 5.02 Å². The molecule has 0 saturated heterocycles. The van der Waals surface area contributed by atoms with E-state index in [1.54, 1.807) is 11.0 Å². The number of fused-ring (bicyclic) bond motifs is 1. The first kappa shape index (κ1) is 21.6. The maximum absolute atomic E-state index is 13.8. The van der Waals surface area contributed by atoms with Crippen LogP contribution in [-0.4, -0.2) is 40.7 Å². The van der Waals surface area contributed by atoms with Crippen LogP contribution in [0.5, 0.6) is 5.75 Å². The van der Waals surface area contributed by atoms with E-state index in [0.717, 1.165) is 22.4 Å². The van der Waals surface area contributed by atoms with Gasteiger partial charge >= 0.3 is 0 Å². The molecule has 3 rings (SSSR count). The molecule has 6 heteroatoms. The van der Waals surface area contributed by atoms with Gasteiger partial charge in [0.2, 0.25) is 5.91 Å². The van der Waals surface area contributed by atoms with Gasteiger partial charge in [-0.15, -0.1) is 0 Å². The average Bonchev–Trinajstić information content (AvgIpc) is 2.97. The second-order valence-corrected chi connectivity index (χ2v) is 8.58. The lowest BCUT2D eigenvalue weighted by molar-refractivity contribution is -0.132. The number of aliphatic hydroxyl groups excluding tert-OH is 1. The molecule has 1 atom stereocenters. The molecule has 0 spiro atoms. The predicted molar refractivity (Wildman–Crippen MR) is 112 cm³/mol. The van der Waals surface area contributed by atoms with Crippen LogP contribution in [0.15, 0.2) is 36.4 Å².